The Balaban J connectivity index is 1.79. The van der Waals surface area contributed by atoms with Crippen molar-refractivity contribution in [1.82, 2.24) is 0 Å². The molecule has 0 aliphatic carbocycles. The highest BCUT2D eigenvalue weighted by molar-refractivity contribution is 5.78. The normalized spacial score (nSPS) is 11.9. The Morgan fingerprint density at radius 1 is 0.760 bits per heavy atom. The number of esters is 1. The summed E-state index contributed by atoms with van der Waals surface area (Å²) in [5.41, 5.74) is 9.25. The van der Waals surface area contributed by atoms with Crippen LogP contribution in [0.3, 0.4) is 0 Å². The van der Waals surface area contributed by atoms with Crippen LogP contribution in [0.25, 0.3) is 0 Å². The molecular formula is C22H21NO2. The summed E-state index contributed by atoms with van der Waals surface area (Å²) in [6.07, 6.45) is 0. The third-order valence-electron chi connectivity index (χ3n) is 4.17. The Labute approximate surface area is 148 Å². The van der Waals surface area contributed by atoms with Gasteiger partial charge in [0, 0.05) is 5.92 Å². The quantitative estimate of drug-likeness (QED) is 0.697. The molecule has 0 unspecified atom stereocenters. The third-order valence-corrected chi connectivity index (χ3v) is 4.17. The Morgan fingerprint density at radius 2 is 1.20 bits per heavy atom. The number of ether oxygens (including phenoxy) is 1. The van der Waals surface area contributed by atoms with Crippen LogP contribution in [-0.2, 0) is 16.1 Å². The highest BCUT2D eigenvalue weighted by Gasteiger charge is 2.28. The summed E-state index contributed by atoms with van der Waals surface area (Å²) >= 11 is 0. The van der Waals surface area contributed by atoms with Gasteiger partial charge >= 0.3 is 5.97 Å². The molecule has 3 rings (SSSR count). The maximum Gasteiger partial charge on any atom is 0.324 e. The minimum absolute atomic E-state index is 0.226. The van der Waals surface area contributed by atoms with E-state index in [1.807, 2.05) is 91.0 Å². The van der Waals surface area contributed by atoms with Gasteiger partial charge in [-0.2, -0.15) is 0 Å². The summed E-state index contributed by atoms with van der Waals surface area (Å²) in [5, 5.41) is 0. The first-order valence-corrected chi connectivity index (χ1v) is 8.32. The van der Waals surface area contributed by atoms with Crippen molar-refractivity contribution in [2.75, 3.05) is 0 Å². The Morgan fingerprint density at radius 3 is 1.68 bits per heavy atom. The van der Waals surface area contributed by atoms with E-state index in [2.05, 4.69) is 0 Å². The molecule has 0 saturated heterocycles. The van der Waals surface area contributed by atoms with Gasteiger partial charge in [-0.15, -0.1) is 0 Å². The van der Waals surface area contributed by atoms with Crippen LogP contribution in [0.1, 0.15) is 22.6 Å². The maximum atomic E-state index is 12.6. The smallest absolute Gasteiger partial charge is 0.324 e. The van der Waals surface area contributed by atoms with E-state index in [4.69, 9.17) is 10.5 Å². The molecule has 126 valence electrons. The molecule has 0 heterocycles. The second-order valence-corrected chi connectivity index (χ2v) is 5.92. The SMILES string of the molecule is N[C@H](C(=O)OCc1ccccc1)C(c1ccccc1)c1ccccc1. The molecule has 0 fully saturated rings. The molecule has 0 amide bonds. The first-order valence-electron chi connectivity index (χ1n) is 8.32. The van der Waals surface area contributed by atoms with Crippen LogP contribution in [0.15, 0.2) is 91.0 Å². The van der Waals surface area contributed by atoms with Crippen LogP contribution >= 0.6 is 0 Å². The van der Waals surface area contributed by atoms with E-state index in [1.54, 1.807) is 0 Å². The number of rotatable bonds is 6. The van der Waals surface area contributed by atoms with Crippen molar-refractivity contribution >= 4 is 5.97 Å². The second kappa shape index (κ2) is 8.27. The highest BCUT2D eigenvalue weighted by atomic mass is 16.5. The molecule has 3 nitrogen and oxygen atoms in total. The fourth-order valence-electron chi connectivity index (χ4n) is 2.89. The van der Waals surface area contributed by atoms with Crippen molar-refractivity contribution in [2.45, 2.75) is 18.6 Å². The number of carbonyl (C=O) groups excluding carboxylic acids is 1. The molecule has 0 saturated carbocycles. The minimum atomic E-state index is -0.770. The summed E-state index contributed by atoms with van der Waals surface area (Å²) in [6.45, 7) is 0.226. The van der Waals surface area contributed by atoms with E-state index in [9.17, 15) is 4.79 Å². The molecule has 0 aromatic heterocycles. The van der Waals surface area contributed by atoms with E-state index in [0.29, 0.717) is 0 Å². The first kappa shape index (κ1) is 16.9. The average Bonchev–Trinajstić information content (AvgIpc) is 2.69. The highest BCUT2D eigenvalue weighted by Crippen LogP contribution is 2.27. The monoisotopic (exact) mass is 331 g/mol. The molecular weight excluding hydrogens is 310 g/mol. The maximum absolute atomic E-state index is 12.6. The van der Waals surface area contributed by atoms with Gasteiger partial charge in [0.1, 0.15) is 12.6 Å². The fraction of sp³-hybridized carbons (Fsp3) is 0.136. The zero-order valence-electron chi connectivity index (χ0n) is 13.9. The van der Waals surface area contributed by atoms with Gasteiger partial charge in [-0.1, -0.05) is 91.0 Å². The number of carbonyl (C=O) groups is 1. The van der Waals surface area contributed by atoms with Crippen molar-refractivity contribution in [3.8, 4) is 0 Å². The number of hydrogen-bond donors (Lipinski definition) is 1. The molecule has 3 aromatic carbocycles. The molecule has 0 aliphatic rings. The third kappa shape index (κ3) is 4.34. The van der Waals surface area contributed by atoms with Crippen LogP contribution < -0.4 is 5.73 Å². The predicted octanol–water partition coefficient (Wildman–Crippen LogP) is 3.89. The van der Waals surface area contributed by atoms with Crippen LogP contribution in [0.5, 0.6) is 0 Å². The zero-order chi connectivity index (χ0) is 17.5. The van der Waals surface area contributed by atoms with Gasteiger partial charge in [-0.3, -0.25) is 4.79 Å². The largest absolute Gasteiger partial charge is 0.460 e. The van der Waals surface area contributed by atoms with E-state index in [-0.39, 0.29) is 12.5 Å². The van der Waals surface area contributed by atoms with Gasteiger partial charge in [0.05, 0.1) is 0 Å². The number of benzene rings is 3. The standard InChI is InChI=1S/C22H21NO2/c23-21(22(24)25-16-17-10-4-1-5-11-17)20(18-12-6-2-7-13-18)19-14-8-3-9-15-19/h1-15,20-21H,16,23H2/t21-/m0/s1. The van der Waals surface area contributed by atoms with Gasteiger partial charge in [-0.05, 0) is 16.7 Å². The van der Waals surface area contributed by atoms with Crippen molar-refractivity contribution in [3.63, 3.8) is 0 Å². The molecule has 25 heavy (non-hydrogen) atoms. The molecule has 1 atom stereocenters. The molecule has 3 heteroatoms. The molecule has 0 aliphatic heterocycles. The summed E-state index contributed by atoms with van der Waals surface area (Å²) < 4.78 is 5.45. The van der Waals surface area contributed by atoms with Crippen molar-refractivity contribution < 1.29 is 9.53 Å². The molecule has 0 bridgehead atoms. The van der Waals surface area contributed by atoms with Gasteiger partial charge in [0.15, 0.2) is 0 Å². The molecule has 0 spiro atoms. The summed E-state index contributed by atoms with van der Waals surface area (Å²) in [6, 6.07) is 28.5. The van der Waals surface area contributed by atoms with Crippen molar-refractivity contribution in [3.05, 3.63) is 108 Å². The Kier molecular flexibility index (Phi) is 5.60. The lowest BCUT2D eigenvalue weighted by molar-refractivity contribution is -0.146. The Hall–Kier alpha value is -2.91. The second-order valence-electron chi connectivity index (χ2n) is 5.92. The molecule has 3 aromatic rings. The van der Waals surface area contributed by atoms with E-state index in [0.717, 1.165) is 16.7 Å². The predicted molar refractivity (Wildman–Crippen MR) is 98.9 cm³/mol. The van der Waals surface area contributed by atoms with Crippen LogP contribution in [-0.4, -0.2) is 12.0 Å². The minimum Gasteiger partial charge on any atom is -0.460 e. The van der Waals surface area contributed by atoms with Crippen LogP contribution in [0, 0.1) is 0 Å². The fourth-order valence-corrected chi connectivity index (χ4v) is 2.89. The summed E-state index contributed by atoms with van der Waals surface area (Å²) in [5.74, 6) is -0.646. The van der Waals surface area contributed by atoms with Gasteiger partial charge in [0.25, 0.3) is 0 Å². The van der Waals surface area contributed by atoms with Crippen LogP contribution in [0.4, 0.5) is 0 Å². The van der Waals surface area contributed by atoms with E-state index >= 15 is 0 Å². The lowest BCUT2D eigenvalue weighted by Gasteiger charge is -2.23. The molecule has 2 N–H and O–H groups in total. The lowest BCUT2D eigenvalue weighted by atomic mass is 9.85. The number of hydrogen-bond acceptors (Lipinski definition) is 3. The van der Waals surface area contributed by atoms with Gasteiger partial charge in [-0.25, -0.2) is 0 Å². The zero-order valence-corrected chi connectivity index (χ0v) is 13.9. The van der Waals surface area contributed by atoms with Gasteiger partial charge < -0.3 is 10.5 Å². The van der Waals surface area contributed by atoms with Gasteiger partial charge in [0.2, 0.25) is 0 Å². The van der Waals surface area contributed by atoms with E-state index < -0.39 is 12.0 Å². The first-order chi connectivity index (χ1) is 12.3. The van der Waals surface area contributed by atoms with E-state index in [1.165, 1.54) is 0 Å². The van der Waals surface area contributed by atoms with Crippen LogP contribution in [0.2, 0.25) is 0 Å². The average molecular weight is 331 g/mol. The van der Waals surface area contributed by atoms with Crippen molar-refractivity contribution in [2.24, 2.45) is 5.73 Å². The molecule has 0 radical (unpaired) electrons. The summed E-state index contributed by atoms with van der Waals surface area (Å²) in [7, 11) is 0. The summed E-state index contributed by atoms with van der Waals surface area (Å²) in [4.78, 5) is 12.6. The number of nitrogens with two attached hydrogens (primary N) is 1. The Bertz CT molecular complexity index is 749. The van der Waals surface area contributed by atoms with Crippen molar-refractivity contribution in [1.29, 1.82) is 0 Å². The topological polar surface area (TPSA) is 52.3 Å². The lowest BCUT2D eigenvalue weighted by Crippen LogP contribution is -2.38.